The number of nitrogens with zero attached hydrogens (tertiary/aromatic N) is 1. The number of amides is 1. The topological polar surface area (TPSA) is 32.3 Å². The molecule has 1 saturated heterocycles. The van der Waals surface area contributed by atoms with Gasteiger partial charge in [0.05, 0.1) is 0 Å². The van der Waals surface area contributed by atoms with Gasteiger partial charge in [-0.05, 0) is 25.7 Å². The average molecular weight is 224 g/mol. The van der Waals surface area contributed by atoms with E-state index in [4.69, 9.17) is 0 Å². The van der Waals surface area contributed by atoms with Crippen molar-refractivity contribution in [2.24, 2.45) is 0 Å². The SMILES string of the molecule is CCCC(CC)NC1CC(=O)N(C2CC2)C1. The summed E-state index contributed by atoms with van der Waals surface area (Å²) in [6, 6.07) is 1.59. The van der Waals surface area contributed by atoms with Crippen molar-refractivity contribution >= 4 is 5.91 Å². The maximum atomic E-state index is 11.8. The first-order valence-corrected chi connectivity index (χ1v) is 6.80. The van der Waals surface area contributed by atoms with Gasteiger partial charge in [-0.3, -0.25) is 4.79 Å². The summed E-state index contributed by atoms with van der Waals surface area (Å²) >= 11 is 0. The molecule has 2 aliphatic rings. The number of likely N-dealkylation sites (tertiary alicyclic amines) is 1. The van der Waals surface area contributed by atoms with Crippen LogP contribution in [0.3, 0.4) is 0 Å². The fraction of sp³-hybridized carbons (Fsp3) is 0.923. The van der Waals surface area contributed by atoms with Crippen LogP contribution in [-0.4, -0.2) is 35.5 Å². The zero-order valence-corrected chi connectivity index (χ0v) is 10.5. The molecule has 2 atom stereocenters. The van der Waals surface area contributed by atoms with E-state index in [1.54, 1.807) is 0 Å². The summed E-state index contributed by atoms with van der Waals surface area (Å²) in [6.45, 7) is 5.40. The molecule has 1 N–H and O–H groups in total. The minimum absolute atomic E-state index is 0.367. The first-order valence-electron chi connectivity index (χ1n) is 6.80. The molecule has 16 heavy (non-hydrogen) atoms. The number of carbonyl (C=O) groups excluding carboxylic acids is 1. The molecular formula is C13H24N2O. The van der Waals surface area contributed by atoms with Gasteiger partial charge in [-0.2, -0.15) is 0 Å². The zero-order valence-electron chi connectivity index (χ0n) is 10.5. The summed E-state index contributed by atoms with van der Waals surface area (Å²) in [6.07, 6.45) is 6.79. The molecule has 0 radical (unpaired) electrons. The Balaban J connectivity index is 1.80. The zero-order chi connectivity index (χ0) is 11.5. The van der Waals surface area contributed by atoms with Crippen molar-refractivity contribution in [1.29, 1.82) is 0 Å². The van der Waals surface area contributed by atoms with Gasteiger partial charge in [0.1, 0.15) is 0 Å². The van der Waals surface area contributed by atoms with Gasteiger partial charge in [-0.1, -0.05) is 20.3 Å². The van der Waals surface area contributed by atoms with E-state index >= 15 is 0 Å². The fourth-order valence-electron chi connectivity index (χ4n) is 2.67. The summed E-state index contributed by atoms with van der Waals surface area (Å²) in [5, 5.41) is 3.65. The van der Waals surface area contributed by atoms with E-state index in [0.29, 0.717) is 24.0 Å². The molecule has 0 aromatic heterocycles. The van der Waals surface area contributed by atoms with E-state index in [1.165, 1.54) is 32.1 Å². The first kappa shape index (κ1) is 11.9. The molecule has 1 heterocycles. The minimum atomic E-state index is 0.367. The Morgan fingerprint density at radius 3 is 2.75 bits per heavy atom. The van der Waals surface area contributed by atoms with Crippen LogP contribution in [0.2, 0.25) is 0 Å². The van der Waals surface area contributed by atoms with Crippen LogP contribution in [0.5, 0.6) is 0 Å². The second-order valence-electron chi connectivity index (χ2n) is 5.24. The van der Waals surface area contributed by atoms with Crippen molar-refractivity contribution in [2.45, 2.75) is 70.5 Å². The summed E-state index contributed by atoms with van der Waals surface area (Å²) in [5.74, 6) is 0.367. The van der Waals surface area contributed by atoms with Crippen molar-refractivity contribution in [1.82, 2.24) is 10.2 Å². The van der Waals surface area contributed by atoms with Gasteiger partial charge in [-0.25, -0.2) is 0 Å². The van der Waals surface area contributed by atoms with Crippen LogP contribution >= 0.6 is 0 Å². The van der Waals surface area contributed by atoms with E-state index in [2.05, 4.69) is 24.1 Å². The second kappa shape index (κ2) is 5.17. The number of hydrogen-bond acceptors (Lipinski definition) is 2. The predicted octanol–water partition coefficient (Wildman–Crippen LogP) is 1.92. The van der Waals surface area contributed by atoms with Gasteiger partial charge in [0.2, 0.25) is 5.91 Å². The minimum Gasteiger partial charge on any atom is -0.338 e. The number of carbonyl (C=O) groups is 1. The van der Waals surface area contributed by atoms with Gasteiger partial charge in [0.25, 0.3) is 0 Å². The van der Waals surface area contributed by atoms with Crippen LogP contribution in [0.25, 0.3) is 0 Å². The molecule has 1 aliphatic heterocycles. The van der Waals surface area contributed by atoms with E-state index < -0.39 is 0 Å². The molecule has 2 fully saturated rings. The van der Waals surface area contributed by atoms with Gasteiger partial charge in [0.15, 0.2) is 0 Å². The summed E-state index contributed by atoms with van der Waals surface area (Å²) in [7, 11) is 0. The van der Waals surface area contributed by atoms with Crippen LogP contribution in [0.15, 0.2) is 0 Å². The lowest BCUT2D eigenvalue weighted by Crippen LogP contribution is -2.40. The number of nitrogens with one attached hydrogen (secondary N) is 1. The third-order valence-corrected chi connectivity index (χ3v) is 3.75. The summed E-state index contributed by atoms with van der Waals surface area (Å²) in [4.78, 5) is 13.9. The van der Waals surface area contributed by atoms with E-state index in [-0.39, 0.29) is 0 Å². The van der Waals surface area contributed by atoms with Crippen molar-refractivity contribution in [3.05, 3.63) is 0 Å². The highest BCUT2D eigenvalue weighted by atomic mass is 16.2. The quantitative estimate of drug-likeness (QED) is 0.747. The standard InChI is InChI=1S/C13H24N2O/c1-3-5-10(4-2)14-11-8-13(16)15(9-11)12-6-7-12/h10-12,14H,3-9H2,1-2H3. The Kier molecular flexibility index (Phi) is 3.85. The molecule has 0 spiro atoms. The smallest absolute Gasteiger partial charge is 0.224 e. The lowest BCUT2D eigenvalue weighted by atomic mass is 10.1. The Morgan fingerprint density at radius 2 is 2.19 bits per heavy atom. The molecular weight excluding hydrogens is 200 g/mol. The monoisotopic (exact) mass is 224 g/mol. The largest absolute Gasteiger partial charge is 0.338 e. The van der Waals surface area contributed by atoms with Gasteiger partial charge < -0.3 is 10.2 Å². The third kappa shape index (κ3) is 2.76. The van der Waals surface area contributed by atoms with Crippen LogP contribution in [0, 0.1) is 0 Å². The van der Waals surface area contributed by atoms with Gasteiger partial charge >= 0.3 is 0 Å². The molecule has 1 amide bonds. The second-order valence-corrected chi connectivity index (χ2v) is 5.24. The molecule has 0 aromatic rings. The van der Waals surface area contributed by atoms with Crippen LogP contribution in [0.1, 0.15) is 52.4 Å². The Labute approximate surface area is 98.6 Å². The molecule has 2 rings (SSSR count). The molecule has 92 valence electrons. The third-order valence-electron chi connectivity index (χ3n) is 3.75. The Bertz CT molecular complexity index is 250. The van der Waals surface area contributed by atoms with Crippen molar-refractivity contribution < 1.29 is 4.79 Å². The van der Waals surface area contributed by atoms with E-state index in [1.807, 2.05) is 0 Å². The highest BCUT2D eigenvalue weighted by Gasteiger charge is 2.39. The lowest BCUT2D eigenvalue weighted by Gasteiger charge is -2.21. The molecule has 0 aromatic carbocycles. The van der Waals surface area contributed by atoms with Crippen LogP contribution in [0.4, 0.5) is 0 Å². The predicted molar refractivity (Wildman–Crippen MR) is 65.3 cm³/mol. The number of rotatable bonds is 6. The van der Waals surface area contributed by atoms with Gasteiger partial charge in [0, 0.05) is 31.1 Å². The molecule has 1 aliphatic carbocycles. The van der Waals surface area contributed by atoms with E-state index in [0.717, 1.165) is 13.0 Å². The molecule has 1 saturated carbocycles. The Morgan fingerprint density at radius 1 is 1.44 bits per heavy atom. The van der Waals surface area contributed by atoms with Crippen molar-refractivity contribution in [2.75, 3.05) is 6.54 Å². The van der Waals surface area contributed by atoms with Crippen molar-refractivity contribution in [3.63, 3.8) is 0 Å². The van der Waals surface area contributed by atoms with E-state index in [9.17, 15) is 4.79 Å². The molecule has 0 bridgehead atoms. The van der Waals surface area contributed by atoms with Gasteiger partial charge in [-0.15, -0.1) is 0 Å². The molecule has 3 heteroatoms. The Hall–Kier alpha value is -0.570. The average Bonchev–Trinajstić information content (AvgIpc) is 3.03. The molecule has 2 unspecified atom stereocenters. The highest BCUT2D eigenvalue weighted by molar-refractivity contribution is 5.80. The van der Waals surface area contributed by atoms with Crippen molar-refractivity contribution in [3.8, 4) is 0 Å². The highest BCUT2D eigenvalue weighted by Crippen LogP contribution is 2.30. The first-order chi connectivity index (χ1) is 7.74. The maximum absolute atomic E-state index is 11.8. The molecule has 3 nitrogen and oxygen atoms in total. The summed E-state index contributed by atoms with van der Waals surface area (Å²) < 4.78 is 0. The normalized spacial score (nSPS) is 27.5. The summed E-state index contributed by atoms with van der Waals surface area (Å²) in [5.41, 5.74) is 0. The van der Waals surface area contributed by atoms with Crippen LogP contribution in [-0.2, 0) is 4.79 Å². The fourth-order valence-corrected chi connectivity index (χ4v) is 2.67. The lowest BCUT2D eigenvalue weighted by molar-refractivity contribution is -0.128. The van der Waals surface area contributed by atoms with Crippen LogP contribution < -0.4 is 5.32 Å². The number of hydrogen-bond donors (Lipinski definition) is 1. The maximum Gasteiger partial charge on any atom is 0.224 e.